The quantitative estimate of drug-likeness (QED) is 0.659. The van der Waals surface area contributed by atoms with Crippen molar-refractivity contribution in [3.63, 3.8) is 0 Å². The van der Waals surface area contributed by atoms with E-state index in [9.17, 15) is 18.4 Å². The standard InChI is InChI=1S/C20H21F2N5O4/c1-10(2)16(11-4-5-13-14(8-11)31-20(21,22)30-13)27-19(29)12-9-15(28)26-18(25-12)17-23-6-3-7-24-17/h3-8,10,12,16,18,25H,9H2,1-2H3,(H,26,28)(H,27,29)/t12?,16-,18?/m1/s1. The van der Waals surface area contributed by atoms with Crippen LogP contribution in [0.2, 0.25) is 0 Å². The zero-order valence-electron chi connectivity index (χ0n) is 16.8. The number of carbonyl (C=O) groups excluding carboxylic acids is 2. The molecule has 4 rings (SSSR count). The molecule has 2 aromatic rings. The first kappa shape index (κ1) is 20.9. The summed E-state index contributed by atoms with van der Waals surface area (Å²) in [4.78, 5) is 33.3. The molecule has 2 aliphatic heterocycles. The second-order valence-electron chi connectivity index (χ2n) is 7.63. The molecule has 0 radical (unpaired) electrons. The number of halogens is 2. The second-order valence-corrected chi connectivity index (χ2v) is 7.63. The average Bonchev–Trinajstić information content (AvgIpc) is 3.04. The molecule has 3 atom stereocenters. The molecule has 1 saturated heterocycles. The summed E-state index contributed by atoms with van der Waals surface area (Å²) in [6.45, 7) is 3.76. The van der Waals surface area contributed by atoms with Gasteiger partial charge in [0.05, 0.1) is 18.5 Å². The van der Waals surface area contributed by atoms with Crippen LogP contribution < -0.4 is 25.4 Å². The number of benzene rings is 1. The van der Waals surface area contributed by atoms with Crippen molar-refractivity contribution in [2.45, 2.75) is 44.8 Å². The minimum atomic E-state index is -3.72. The lowest BCUT2D eigenvalue weighted by Gasteiger charge is -2.32. The van der Waals surface area contributed by atoms with Gasteiger partial charge in [-0.25, -0.2) is 9.97 Å². The summed E-state index contributed by atoms with van der Waals surface area (Å²) in [5.41, 5.74) is 0.576. The number of hydrogen-bond donors (Lipinski definition) is 3. The minimum absolute atomic E-state index is 0.0622. The van der Waals surface area contributed by atoms with E-state index in [-0.39, 0.29) is 29.7 Å². The van der Waals surface area contributed by atoms with Crippen LogP contribution in [0.1, 0.15) is 43.9 Å². The third kappa shape index (κ3) is 4.55. The molecule has 1 fully saturated rings. The lowest BCUT2D eigenvalue weighted by molar-refractivity contribution is -0.286. The molecule has 2 aliphatic rings. The van der Waals surface area contributed by atoms with E-state index in [0.717, 1.165) is 0 Å². The lowest BCUT2D eigenvalue weighted by atomic mass is 9.95. The number of aromatic nitrogens is 2. The first-order valence-corrected chi connectivity index (χ1v) is 9.74. The number of alkyl halides is 2. The Kier molecular flexibility index (Phi) is 5.44. The fourth-order valence-electron chi connectivity index (χ4n) is 3.52. The summed E-state index contributed by atoms with van der Waals surface area (Å²) in [5, 5.41) is 8.64. The second kappa shape index (κ2) is 8.06. The van der Waals surface area contributed by atoms with Gasteiger partial charge in [0.25, 0.3) is 0 Å². The van der Waals surface area contributed by atoms with Crippen LogP contribution in [-0.4, -0.2) is 34.1 Å². The molecular weight excluding hydrogens is 412 g/mol. The van der Waals surface area contributed by atoms with Gasteiger partial charge >= 0.3 is 6.29 Å². The fourth-order valence-corrected chi connectivity index (χ4v) is 3.52. The summed E-state index contributed by atoms with van der Waals surface area (Å²) in [7, 11) is 0. The van der Waals surface area contributed by atoms with Crippen molar-refractivity contribution >= 4 is 11.8 Å². The highest BCUT2D eigenvalue weighted by molar-refractivity contribution is 5.89. The first-order valence-electron chi connectivity index (χ1n) is 9.74. The van der Waals surface area contributed by atoms with E-state index >= 15 is 0 Å². The minimum Gasteiger partial charge on any atom is -0.395 e. The summed E-state index contributed by atoms with van der Waals surface area (Å²) < 4.78 is 35.6. The van der Waals surface area contributed by atoms with Crippen LogP contribution >= 0.6 is 0 Å². The third-order valence-electron chi connectivity index (χ3n) is 4.97. The van der Waals surface area contributed by atoms with Gasteiger partial charge in [0.15, 0.2) is 17.3 Å². The number of fused-ring (bicyclic) bond motifs is 1. The Bertz CT molecular complexity index is 989. The Morgan fingerprint density at radius 2 is 1.94 bits per heavy atom. The maximum Gasteiger partial charge on any atom is 0.586 e. The number of amides is 2. The van der Waals surface area contributed by atoms with Gasteiger partial charge in [-0.3, -0.25) is 14.9 Å². The number of ether oxygens (including phenoxy) is 2. The van der Waals surface area contributed by atoms with Crippen LogP contribution in [0.5, 0.6) is 11.5 Å². The van der Waals surface area contributed by atoms with Crippen LogP contribution in [-0.2, 0) is 9.59 Å². The molecule has 2 amide bonds. The van der Waals surface area contributed by atoms with Gasteiger partial charge in [-0.1, -0.05) is 19.9 Å². The molecule has 1 aromatic carbocycles. The maximum atomic E-state index is 13.3. The predicted molar refractivity (Wildman–Crippen MR) is 103 cm³/mol. The molecule has 3 N–H and O–H groups in total. The number of nitrogens with one attached hydrogen (secondary N) is 3. The van der Waals surface area contributed by atoms with E-state index in [4.69, 9.17) is 0 Å². The number of carbonyl (C=O) groups is 2. The zero-order valence-corrected chi connectivity index (χ0v) is 16.8. The molecule has 9 nitrogen and oxygen atoms in total. The fraction of sp³-hybridized carbons (Fsp3) is 0.400. The van der Waals surface area contributed by atoms with E-state index < -0.39 is 30.5 Å². The van der Waals surface area contributed by atoms with Gasteiger partial charge in [-0.05, 0) is 29.7 Å². The number of rotatable bonds is 5. The van der Waals surface area contributed by atoms with Gasteiger partial charge in [-0.15, -0.1) is 8.78 Å². The van der Waals surface area contributed by atoms with Crippen molar-refractivity contribution in [2.75, 3.05) is 0 Å². The summed E-state index contributed by atoms with van der Waals surface area (Å²) in [6.07, 6.45) is -1.41. The third-order valence-corrected chi connectivity index (χ3v) is 4.97. The Hall–Kier alpha value is -3.34. The Balaban J connectivity index is 1.50. The van der Waals surface area contributed by atoms with E-state index in [1.807, 2.05) is 13.8 Å². The molecule has 1 aromatic heterocycles. The highest BCUT2D eigenvalue weighted by Gasteiger charge is 2.43. The molecular formula is C20H21F2N5O4. The molecule has 164 valence electrons. The monoisotopic (exact) mass is 433 g/mol. The van der Waals surface area contributed by atoms with Crippen LogP contribution in [0.4, 0.5) is 8.78 Å². The SMILES string of the molecule is CC(C)[C@@H](NC(=O)C1CC(=O)NC(c2ncccn2)N1)c1ccc2c(c1)OC(F)(F)O2. The number of hydrogen-bond acceptors (Lipinski definition) is 7. The molecule has 0 saturated carbocycles. The van der Waals surface area contributed by atoms with Crippen LogP contribution in [0.3, 0.4) is 0 Å². The van der Waals surface area contributed by atoms with Crippen LogP contribution in [0.15, 0.2) is 36.7 Å². The van der Waals surface area contributed by atoms with Crippen molar-refractivity contribution < 1.29 is 27.8 Å². The topological polar surface area (TPSA) is 114 Å². The van der Waals surface area contributed by atoms with Gasteiger partial charge in [0, 0.05) is 12.4 Å². The first-order chi connectivity index (χ1) is 14.7. The zero-order chi connectivity index (χ0) is 22.2. The van der Waals surface area contributed by atoms with Crippen molar-refractivity contribution in [2.24, 2.45) is 5.92 Å². The van der Waals surface area contributed by atoms with Crippen LogP contribution in [0, 0.1) is 5.92 Å². The summed E-state index contributed by atoms with van der Waals surface area (Å²) in [5.74, 6) is -0.626. The predicted octanol–water partition coefficient (Wildman–Crippen LogP) is 1.79. The molecule has 0 spiro atoms. The maximum absolute atomic E-state index is 13.3. The van der Waals surface area contributed by atoms with Gasteiger partial charge in [0.2, 0.25) is 11.8 Å². The lowest BCUT2D eigenvalue weighted by Crippen LogP contribution is -2.57. The van der Waals surface area contributed by atoms with E-state index in [1.165, 1.54) is 24.5 Å². The highest BCUT2D eigenvalue weighted by atomic mass is 19.3. The van der Waals surface area contributed by atoms with Crippen molar-refractivity contribution in [3.05, 3.63) is 48.0 Å². The van der Waals surface area contributed by atoms with E-state index in [0.29, 0.717) is 11.4 Å². The average molecular weight is 433 g/mol. The number of nitrogens with zero attached hydrogens (tertiary/aromatic N) is 2. The molecule has 0 bridgehead atoms. The Morgan fingerprint density at radius 3 is 2.65 bits per heavy atom. The Morgan fingerprint density at radius 1 is 1.23 bits per heavy atom. The normalized spacial score (nSPS) is 22.7. The summed E-state index contributed by atoms with van der Waals surface area (Å²) in [6, 6.07) is 4.71. The van der Waals surface area contributed by atoms with Gasteiger partial charge < -0.3 is 20.1 Å². The molecule has 3 heterocycles. The van der Waals surface area contributed by atoms with Crippen molar-refractivity contribution in [3.8, 4) is 11.5 Å². The van der Waals surface area contributed by atoms with Crippen molar-refractivity contribution in [1.29, 1.82) is 0 Å². The molecule has 0 aliphatic carbocycles. The largest absolute Gasteiger partial charge is 0.586 e. The molecule has 31 heavy (non-hydrogen) atoms. The molecule has 11 heteroatoms. The van der Waals surface area contributed by atoms with Crippen molar-refractivity contribution in [1.82, 2.24) is 25.9 Å². The van der Waals surface area contributed by atoms with E-state index in [2.05, 4.69) is 35.4 Å². The highest BCUT2D eigenvalue weighted by Crippen LogP contribution is 2.42. The van der Waals surface area contributed by atoms with Crippen LogP contribution in [0.25, 0.3) is 0 Å². The Labute approximate surface area is 176 Å². The van der Waals surface area contributed by atoms with Gasteiger partial charge in [-0.2, -0.15) is 0 Å². The smallest absolute Gasteiger partial charge is 0.395 e. The molecule has 2 unspecified atom stereocenters. The van der Waals surface area contributed by atoms with Gasteiger partial charge in [0.1, 0.15) is 6.17 Å². The summed E-state index contributed by atoms with van der Waals surface area (Å²) >= 11 is 0. The van der Waals surface area contributed by atoms with E-state index in [1.54, 1.807) is 12.1 Å².